The van der Waals surface area contributed by atoms with Crippen LogP contribution in [0.1, 0.15) is 69.7 Å². The first kappa shape index (κ1) is 23.5. The second-order valence-electron chi connectivity index (χ2n) is 6.57. The molecule has 0 bridgehead atoms. The summed E-state index contributed by atoms with van der Waals surface area (Å²) in [5.41, 5.74) is 2.44. The number of nitrogens with zero attached hydrogens (tertiary/aromatic N) is 4. The fraction of sp³-hybridized carbons (Fsp3) is 0.391. The van der Waals surface area contributed by atoms with Gasteiger partial charge in [-0.15, -0.1) is 0 Å². The van der Waals surface area contributed by atoms with E-state index < -0.39 is 0 Å². The molecule has 30 heavy (non-hydrogen) atoms. The Kier molecular flexibility index (Phi) is 8.99. The number of unbranched alkanes of at least 4 members (excludes halogenated alkanes) is 3. The van der Waals surface area contributed by atoms with E-state index in [0.717, 1.165) is 16.4 Å². The van der Waals surface area contributed by atoms with Gasteiger partial charge in [0.15, 0.2) is 11.5 Å². The SMILES string of the molecule is CC.CCCCCC.Cn1c(C(=O)c2ccon2)nc2cnc3ccc(Cl)cc3c21. The third kappa shape index (κ3) is 5.25. The molecule has 0 amide bonds. The topological polar surface area (TPSA) is 73.8 Å². The number of imidazole rings is 1. The zero-order chi connectivity index (χ0) is 22.1. The van der Waals surface area contributed by atoms with E-state index in [1.54, 1.807) is 23.9 Å². The number of aryl methyl sites for hydroxylation is 1. The van der Waals surface area contributed by atoms with Crippen LogP contribution in [0, 0.1) is 0 Å². The molecule has 6 nitrogen and oxygen atoms in total. The van der Waals surface area contributed by atoms with Gasteiger partial charge in [-0.25, -0.2) is 4.98 Å². The van der Waals surface area contributed by atoms with Crippen molar-refractivity contribution in [2.24, 2.45) is 7.05 Å². The molecule has 0 saturated heterocycles. The lowest BCUT2D eigenvalue weighted by Crippen LogP contribution is -2.09. The molecule has 0 spiro atoms. The van der Waals surface area contributed by atoms with Crippen molar-refractivity contribution in [3.63, 3.8) is 0 Å². The van der Waals surface area contributed by atoms with Crippen LogP contribution in [0.3, 0.4) is 0 Å². The van der Waals surface area contributed by atoms with E-state index in [1.807, 2.05) is 26.0 Å². The maximum Gasteiger partial charge on any atom is 0.250 e. The Balaban J connectivity index is 0.000000348. The minimum Gasteiger partial charge on any atom is -0.364 e. The highest BCUT2D eigenvalue weighted by molar-refractivity contribution is 6.31. The van der Waals surface area contributed by atoms with E-state index in [2.05, 4.69) is 29.0 Å². The van der Waals surface area contributed by atoms with Gasteiger partial charge in [0, 0.05) is 23.5 Å². The minimum atomic E-state index is -0.303. The van der Waals surface area contributed by atoms with Crippen LogP contribution in [-0.2, 0) is 7.05 Å². The molecular formula is C23H29ClN4O2. The van der Waals surface area contributed by atoms with Gasteiger partial charge < -0.3 is 9.09 Å². The Bertz CT molecular complexity index is 1080. The lowest BCUT2D eigenvalue weighted by atomic mass is 10.2. The van der Waals surface area contributed by atoms with E-state index in [4.69, 9.17) is 16.1 Å². The van der Waals surface area contributed by atoms with Crippen molar-refractivity contribution in [1.82, 2.24) is 19.7 Å². The highest BCUT2D eigenvalue weighted by Crippen LogP contribution is 2.27. The van der Waals surface area contributed by atoms with Crippen LogP contribution in [-0.4, -0.2) is 25.5 Å². The average molecular weight is 429 g/mol. The van der Waals surface area contributed by atoms with E-state index in [1.165, 1.54) is 38.0 Å². The molecule has 3 aromatic heterocycles. The van der Waals surface area contributed by atoms with Crippen molar-refractivity contribution in [2.45, 2.75) is 53.4 Å². The van der Waals surface area contributed by atoms with Gasteiger partial charge in [0.1, 0.15) is 11.8 Å². The normalized spacial score (nSPS) is 10.3. The zero-order valence-corrected chi connectivity index (χ0v) is 19.0. The van der Waals surface area contributed by atoms with Crippen LogP contribution >= 0.6 is 11.6 Å². The van der Waals surface area contributed by atoms with Crippen LogP contribution in [0.2, 0.25) is 5.02 Å². The van der Waals surface area contributed by atoms with E-state index in [0.29, 0.717) is 10.5 Å². The summed E-state index contributed by atoms with van der Waals surface area (Å²) in [6.07, 6.45) is 8.53. The smallest absolute Gasteiger partial charge is 0.250 e. The second kappa shape index (κ2) is 11.5. The van der Waals surface area contributed by atoms with Crippen molar-refractivity contribution in [2.75, 3.05) is 0 Å². The molecule has 0 N–H and O–H groups in total. The second-order valence-corrected chi connectivity index (χ2v) is 7.01. The van der Waals surface area contributed by atoms with Crippen LogP contribution < -0.4 is 0 Å². The molecule has 0 fully saturated rings. The summed E-state index contributed by atoms with van der Waals surface area (Å²) in [6.45, 7) is 8.46. The Morgan fingerprint density at radius 2 is 1.80 bits per heavy atom. The van der Waals surface area contributed by atoms with Gasteiger partial charge in [0.25, 0.3) is 0 Å². The number of benzene rings is 1. The number of halogens is 1. The van der Waals surface area contributed by atoms with Gasteiger partial charge in [-0.2, -0.15) is 0 Å². The molecule has 0 aliphatic heterocycles. The predicted molar refractivity (Wildman–Crippen MR) is 122 cm³/mol. The van der Waals surface area contributed by atoms with Crippen LogP contribution in [0.25, 0.3) is 21.9 Å². The monoisotopic (exact) mass is 428 g/mol. The quantitative estimate of drug-likeness (QED) is 0.264. The van der Waals surface area contributed by atoms with Gasteiger partial charge in [-0.3, -0.25) is 9.78 Å². The molecule has 4 aromatic rings. The highest BCUT2D eigenvalue weighted by Gasteiger charge is 2.21. The maximum absolute atomic E-state index is 12.4. The Morgan fingerprint density at radius 1 is 1.10 bits per heavy atom. The third-order valence-electron chi connectivity index (χ3n) is 4.49. The number of ketones is 1. The van der Waals surface area contributed by atoms with Crippen molar-refractivity contribution in [1.29, 1.82) is 0 Å². The molecule has 3 heterocycles. The zero-order valence-electron chi connectivity index (χ0n) is 18.3. The Labute approximate surface area is 182 Å². The number of pyridine rings is 1. The summed E-state index contributed by atoms with van der Waals surface area (Å²) in [6, 6.07) is 6.94. The molecule has 0 atom stereocenters. The average Bonchev–Trinajstić information content (AvgIpc) is 3.42. The summed E-state index contributed by atoms with van der Waals surface area (Å²) < 4.78 is 6.45. The Morgan fingerprint density at radius 3 is 2.40 bits per heavy atom. The summed E-state index contributed by atoms with van der Waals surface area (Å²) in [5, 5.41) is 5.12. The summed E-state index contributed by atoms with van der Waals surface area (Å²) in [5.74, 6) is -0.0270. The lowest BCUT2D eigenvalue weighted by molar-refractivity contribution is 0.101. The summed E-state index contributed by atoms with van der Waals surface area (Å²) in [7, 11) is 1.78. The van der Waals surface area contributed by atoms with E-state index in [9.17, 15) is 4.79 Å². The number of carbonyl (C=O) groups excluding carboxylic acids is 1. The minimum absolute atomic E-state index is 0.216. The third-order valence-corrected chi connectivity index (χ3v) is 4.73. The number of hydrogen-bond acceptors (Lipinski definition) is 5. The van der Waals surface area contributed by atoms with Crippen molar-refractivity contribution < 1.29 is 9.32 Å². The van der Waals surface area contributed by atoms with Gasteiger partial charge >= 0.3 is 0 Å². The van der Waals surface area contributed by atoms with Crippen LogP contribution in [0.4, 0.5) is 0 Å². The van der Waals surface area contributed by atoms with Gasteiger partial charge in [0.05, 0.1) is 17.2 Å². The fourth-order valence-corrected chi connectivity index (χ4v) is 3.19. The summed E-state index contributed by atoms with van der Waals surface area (Å²) >= 11 is 6.08. The number of hydrogen-bond donors (Lipinski definition) is 0. The number of carbonyl (C=O) groups is 1. The first-order valence-electron chi connectivity index (χ1n) is 10.4. The Hall–Kier alpha value is -2.73. The molecule has 0 aliphatic rings. The summed E-state index contributed by atoms with van der Waals surface area (Å²) in [4.78, 5) is 21.2. The van der Waals surface area contributed by atoms with E-state index >= 15 is 0 Å². The molecule has 0 aliphatic carbocycles. The molecule has 0 saturated carbocycles. The van der Waals surface area contributed by atoms with Gasteiger partial charge in [-0.05, 0) is 18.2 Å². The van der Waals surface area contributed by atoms with Gasteiger partial charge in [-0.1, -0.05) is 70.1 Å². The van der Waals surface area contributed by atoms with Crippen LogP contribution in [0.15, 0.2) is 41.2 Å². The first-order chi connectivity index (χ1) is 14.6. The first-order valence-corrected chi connectivity index (χ1v) is 10.8. The van der Waals surface area contributed by atoms with E-state index in [-0.39, 0.29) is 17.3 Å². The molecule has 160 valence electrons. The predicted octanol–water partition coefficient (Wildman–Crippen LogP) is 6.61. The molecule has 0 radical (unpaired) electrons. The van der Waals surface area contributed by atoms with Crippen molar-refractivity contribution in [3.8, 4) is 0 Å². The molecule has 4 rings (SSSR count). The molecule has 7 heteroatoms. The molecule has 1 aromatic carbocycles. The highest BCUT2D eigenvalue weighted by atomic mass is 35.5. The number of rotatable bonds is 5. The number of aromatic nitrogens is 4. The number of fused-ring (bicyclic) bond motifs is 3. The molecular weight excluding hydrogens is 400 g/mol. The lowest BCUT2D eigenvalue weighted by Gasteiger charge is -2.03. The largest absolute Gasteiger partial charge is 0.364 e. The maximum atomic E-state index is 12.4. The standard InChI is InChI=1S/C15H9ClN4O2.C6H14.C2H6/c1-20-13-9-6-8(16)2-3-10(9)17-7-12(13)18-15(20)14(21)11-4-5-22-19-11;1-3-5-6-4-2;1-2/h2-7H,1H3;3-6H2,1-2H3;1-2H3. The van der Waals surface area contributed by atoms with Crippen molar-refractivity contribution >= 4 is 39.3 Å². The van der Waals surface area contributed by atoms with Gasteiger partial charge in [0.2, 0.25) is 5.78 Å². The molecule has 0 unspecified atom stereocenters. The van der Waals surface area contributed by atoms with Crippen LogP contribution in [0.5, 0.6) is 0 Å². The fourth-order valence-electron chi connectivity index (χ4n) is 3.02. The van der Waals surface area contributed by atoms with Crippen molar-refractivity contribution in [3.05, 3.63) is 53.3 Å².